The van der Waals surface area contributed by atoms with E-state index in [-0.39, 0.29) is 13.2 Å². The Kier molecular flexibility index (Phi) is 24.8. The quantitative estimate of drug-likeness (QED) is 0.403. The van der Waals surface area contributed by atoms with Gasteiger partial charge in [-0.1, -0.05) is 6.58 Å². The molecule has 0 rings (SSSR count). The molecule has 0 radical (unpaired) electrons. The Morgan fingerprint density at radius 3 is 1.57 bits per heavy atom. The average Bonchev–Trinajstić information content (AvgIpc) is 1.69. The Hall–Kier alpha value is -0.540. The van der Waals surface area contributed by atoms with E-state index in [2.05, 4.69) is 12.3 Å². The van der Waals surface area contributed by atoms with Crippen molar-refractivity contribution in [3.05, 3.63) is 12.8 Å². The minimum Gasteiger partial charge on any atom is -0.405 e. The first kappa shape index (κ1) is 9.68. The van der Waals surface area contributed by atoms with Crippen LogP contribution in [0.2, 0.25) is 0 Å². The Morgan fingerprint density at radius 1 is 1.43 bits per heavy atom. The Balaban J connectivity index is 0. The summed E-state index contributed by atoms with van der Waals surface area (Å²) in [6.45, 7) is 2.89. The van der Waals surface area contributed by atoms with Crippen LogP contribution in [0, 0.1) is 0 Å². The van der Waals surface area contributed by atoms with Gasteiger partial charge in [0.25, 0.3) is 0 Å². The third-order valence-corrected chi connectivity index (χ3v) is 0.1000. The lowest BCUT2D eigenvalue weighted by molar-refractivity contribution is 0.186. The standard InChI is InChI=1S/C2H5N.C2H6O2/c1-2-3;3-1-2-4/h2H,1,3H2;3-4H,1-2H2. The van der Waals surface area contributed by atoms with Gasteiger partial charge in [0.05, 0.1) is 13.2 Å². The van der Waals surface area contributed by atoms with Gasteiger partial charge in [0.2, 0.25) is 0 Å². The maximum absolute atomic E-state index is 7.62. The largest absolute Gasteiger partial charge is 0.405 e. The van der Waals surface area contributed by atoms with Gasteiger partial charge in [-0.15, -0.1) is 0 Å². The molecule has 0 heterocycles. The first-order valence-electron chi connectivity index (χ1n) is 1.87. The van der Waals surface area contributed by atoms with Crippen LogP contribution in [0.1, 0.15) is 0 Å². The Labute approximate surface area is 43.1 Å². The number of aliphatic hydroxyl groups excluding tert-OH is 2. The van der Waals surface area contributed by atoms with Crippen molar-refractivity contribution in [1.29, 1.82) is 0 Å². The van der Waals surface area contributed by atoms with Crippen LogP contribution in [0.15, 0.2) is 12.8 Å². The predicted molar refractivity (Wildman–Crippen MR) is 28.6 cm³/mol. The number of hydrogen-bond acceptors (Lipinski definition) is 3. The zero-order valence-corrected chi connectivity index (χ0v) is 4.17. The molecule has 0 amide bonds. The molecular formula is C4H11NO2. The molecule has 0 saturated carbocycles. The van der Waals surface area contributed by atoms with Crippen LogP contribution in [-0.4, -0.2) is 23.4 Å². The number of nitrogens with two attached hydrogens (primary N) is 1. The summed E-state index contributed by atoms with van der Waals surface area (Å²) < 4.78 is 0. The van der Waals surface area contributed by atoms with Crippen molar-refractivity contribution in [3.8, 4) is 0 Å². The van der Waals surface area contributed by atoms with Crippen molar-refractivity contribution in [2.75, 3.05) is 13.2 Å². The zero-order valence-electron chi connectivity index (χ0n) is 4.17. The summed E-state index contributed by atoms with van der Waals surface area (Å²) in [6, 6.07) is 0. The fourth-order valence-corrected chi connectivity index (χ4v) is 0. The molecule has 0 bridgehead atoms. The number of aliphatic hydroxyl groups is 2. The van der Waals surface area contributed by atoms with Crippen molar-refractivity contribution in [2.45, 2.75) is 0 Å². The third kappa shape index (κ3) is 309. The molecule has 3 heteroatoms. The summed E-state index contributed by atoms with van der Waals surface area (Å²) in [4.78, 5) is 0. The second-order valence-electron chi connectivity index (χ2n) is 0.683. The van der Waals surface area contributed by atoms with Gasteiger partial charge in [0.1, 0.15) is 0 Å². The first-order chi connectivity index (χ1) is 3.33. The topological polar surface area (TPSA) is 66.5 Å². The van der Waals surface area contributed by atoms with E-state index in [0.29, 0.717) is 0 Å². The summed E-state index contributed by atoms with van der Waals surface area (Å²) >= 11 is 0. The molecule has 0 aliphatic rings. The Bertz CT molecular complexity index is 28.9. The molecule has 0 fully saturated rings. The smallest absolute Gasteiger partial charge is 0.0662 e. The Morgan fingerprint density at radius 2 is 1.57 bits per heavy atom. The van der Waals surface area contributed by atoms with Crippen molar-refractivity contribution < 1.29 is 10.2 Å². The molecule has 3 nitrogen and oxygen atoms in total. The van der Waals surface area contributed by atoms with E-state index in [1.807, 2.05) is 0 Å². The van der Waals surface area contributed by atoms with Crippen molar-refractivity contribution in [2.24, 2.45) is 5.73 Å². The molecule has 0 unspecified atom stereocenters. The molecule has 0 aliphatic carbocycles. The maximum atomic E-state index is 7.62. The van der Waals surface area contributed by atoms with E-state index in [1.165, 1.54) is 6.20 Å². The fourth-order valence-electron chi connectivity index (χ4n) is 0. The van der Waals surface area contributed by atoms with E-state index in [0.717, 1.165) is 0 Å². The van der Waals surface area contributed by atoms with Crippen LogP contribution in [0.3, 0.4) is 0 Å². The summed E-state index contributed by atoms with van der Waals surface area (Å²) in [7, 11) is 0. The molecule has 0 saturated heterocycles. The monoisotopic (exact) mass is 105 g/mol. The van der Waals surface area contributed by atoms with E-state index in [1.54, 1.807) is 0 Å². The highest BCUT2D eigenvalue weighted by molar-refractivity contribution is 4.48. The average molecular weight is 105 g/mol. The molecule has 0 aliphatic heterocycles. The first-order valence-corrected chi connectivity index (χ1v) is 1.87. The van der Waals surface area contributed by atoms with E-state index >= 15 is 0 Å². The lowest BCUT2D eigenvalue weighted by atomic mass is 10.8. The van der Waals surface area contributed by atoms with E-state index < -0.39 is 0 Å². The highest BCUT2D eigenvalue weighted by atomic mass is 16.3. The normalized spacial score (nSPS) is 6.00. The van der Waals surface area contributed by atoms with Crippen molar-refractivity contribution in [3.63, 3.8) is 0 Å². The lowest BCUT2D eigenvalue weighted by Gasteiger charge is -1.70. The summed E-state index contributed by atoms with van der Waals surface area (Å²) in [5.41, 5.74) is 4.61. The zero-order chi connectivity index (χ0) is 6.12. The van der Waals surface area contributed by atoms with E-state index in [9.17, 15) is 0 Å². The number of hydrogen-bond donors (Lipinski definition) is 3. The van der Waals surface area contributed by atoms with Crippen LogP contribution in [-0.2, 0) is 0 Å². The summed E-state index contributed by atoms with van der Waals surface area (Å²) in [5, 5.41) is 15.2. The van der Waals surface area contributed by atoms with E-state index in [4.69, 9.17) is 10.2 Å². The van der Waals surface area contributed by atoms with Crippen LogP contribution >= 0.6 is 0 Å². The highest BCUT2D eigenvalue weighted by Gasteiger charge is 1.58. The lowest BCUT2D eigenvalue weighted by Crippen LogP contribution is -1.85. The van der Waals surface area contributed by atoms with Gasteiger partial charge in [-0.2, -0.15) is 0 Å². The molecule has 44 valence electrons. The van der Waals surface area contributed by atoms with Gasteiger partial charge in [-0.3, -0.25) is 0 Å². The molecule has 7 heavy (non-hydrogen) atoms. The van der Waals surface area contributed by atoms with Gasteiger partial charge in [0, 0.05) is 0 Å². The second kappa shape index (κ2) is 17.9. The van der Waals surface area contributed by atoms with Gasteiger partial charge in [0.15, 0.2) is 0 Å². The van der Waals surface area contributed by atoms with Gasteiger partial charge in [-0.25, -0.2) is 0 Å². The van der Waals surface area contributed by atoms with Gasteiger partial charge < -0.3 is 15.9 Å². The van der Waals surface area contributed by atoms with Crippen LogP contribution < -0.4 is 5.73 Å². The molecule has 4 N–H and O–H groups in total. The van der Waals surface area contributed by atoms with Crippen LogP contribution in [0.5, 0.6) is 0 Å². The van der Waals surface area contributed by atoms with Crippen molar-refractivity contribution in [1.82, 2.24) is 0 Å². The second-order valence-corrected chi connectivity index (χ2v) is 0.683. The third-order valence-electron chi connectivity index (χ3n) is 0.1000. The molecule has 0 spiro atoms. The van der Waals surface area contributed by atoms with Gasteiger partial charge >= 0.3 is 0 Å². The molecule has 0 atom stereocenters. The molecule has 0 aromatic rings. The SMILES string of the molecule is C=CN.OCCO. The maximum Gasteiger partial charge on any atom is 0.0662 e. The molecular weight excluding hydrogens is 94.0 g/mol. The predicted octanol–water partition coefficient (Wildman–Crippen LogP) is -0.940. The highest BCUT2D eigenvalue weighted by Crippen LogP contribution is 1.39. The van der Waals surface area contributed by atoms with Crippen LogP contribution in [0.4, 0.5) is 0 Å². The molecule has 0 aromatic heterocycles. The van der Waals surface area contributed by atoms with Crippen molar-refractivity contribution >= 4 is 0 Å². The van der Waals surface area contributed by atoms with Crippen LogP contribution in [0.25, 0.3) is 0 Å². The minimum atomic E-state index is -0.125. The number of rotatable bonds is 1. The fraction of sp³-hybridized carbons (Fsp3) is 0.500. The molecule has 0 aromatic carbocycles. The summed E-state index contributed by atoms with van der Waals surface area (Å²) in [6.07, 6.45) is 1.25. The summed E-state index contributed by atoms with van der Waals surface area (Å²) in [5.74, 6) is 0. The van der Waals surface area contributed by atoms with Gasteiger partial charge in [-0.05, 0) is 6.20 Å². The minimum absolute atomic E-state index is 0.125.